The van der Waals surface area contributed by atoms with Crippen molar-refractivity contribution in [3.63, 3.8) is 0 Å². The van der Waals surface area contributed by atoms with Gasteiger partial charge in [-0.2, -0.15) is 0 Å². The molecule has 0 N–H and O–H groups in total. The number of fused-ring (bicyclic) bond motifs is 3. The SMILES string of the molecule is C=C1CC2=C(c3ccc(OCCCC)cc3)Oc3c(C(=O)OC)cc(OCCCC)cc3[C@H]2C1. The molecule has 180 valence electrons. The lowest BCUT2D eigenvalue weighted by molar-refractivity contribution is 0.0597. The van der Waals surface area contributed by atoms with Gasteiger partial charge in [-0.3, -0.25) is 0 Å². The highest BCUT2D eigenvalue weighted by Crippen LogP contribution is 2.53. The summed E-state index contributed by atoms with van der Waals surface area (Å²) in [6.45, 7) is 9.84. The van der Waals surface area contributed by atoms with E-state index in [1.807, 2.05) is 30.3 Å². The lowest BCUT2D eigenvalue weighted by Gasteiger charge is -2.29. The number of hydrogen-bond donors (Lipinski definition) is 0. The summed E-state index contributed by atoms with van der Waals surface area (Å²) in [5, 5.41) is 0. The van der Waals surface area contributed by atoms with E-state index < -0.39 is 5.97 Å². The van der Waals surface area contributed by atoms with E-state index in [4.69, 9.17) is 18.9 Å². The minimum absolute atomic E-state index is 0.102. The molecule has 2 aromatic carbocycles. The van der Waals surface area contributed by atoms with Crippen LogP contribution in [-0.4, -0.2) is 26.3 Å². The predicted molar refractivity (Wildman–Crippen MR) is 134 cm³/mol. The van der Waals surface area contributed by atoms with Crippen LogP contribution in [0.15, 0.2) is 54.1 Å². The van der Waals surface area contributed by atoms with Crippen LogP contribution in [0.1, 0.15) is 79.8 Å². The monoisotopic (exact) mass is 462 g/mol. The Morgan fingerprint density at radius 3 is 2.35 bits per heavy atom. The molecule has 1 aliphatic heterocycles. The number of methoxy groups -OCH3 is 1. The van der Waals surface area contributed by atoms with Gasteiger partial charge in [0.2, 0.25) is 0 Å². The van der Waals surface area contributed by atoms with Crippen LogP contribution in [0.4, 0.5) is 0 Å². The fourth-order valence-electron chi connectivity index (χ4n) is 4.54. The zero-order chi connectivity index (χ0) is 24.1. The Morgan fingerprint density at radius 2 is 1.71 bits per heavy atom. The zero-order valence-corrected chi connectivity index (χ0v) is 20.4. The van der Waals surface area contributed by atoms with Crippen molar-refractivity contribution in [3.8, 4) is 17.2 Å². The molecule has 0 bridgehead atoms. The van der Waals surface area contributed by atoms with E-state index in [9.17, 15) is 4.79 Å². The van der Waals surface area contributed by atoms with Crippen LogP contribution in [-0.2, 0) is 4.74 Å². The van der Waals surface area contributed by atoms with Gasteiger partial charge in [0.25, 0.3) is 0 Å². The number of hydrogen-bond acceptors (Lipinski definition) is 5. The highest BCUT2D eigenvalue weighted by molar-refractivity contribution is 5.95. The van der Waals surface area contributed by atoms with Crippen LogP contribution < -0.4 is 14.2 Å². The van der Waals surface area contributed by atoms with Crippen molar-refractivity contribution in [3.05, 3.63) is 70.8 Å². The number of unbranched alkanes of at least 4 members (excludes halogenated alkanes) is 2. The van der Waals surface area contributed by atoms with E-state index >= 15 is 0 Å². The molecule has 5 nitrogen and oxygen atoms in total. The molecule has 0 amide bonds. The topological polar surface area (TPSA) is 54.0 Å². The summed E-state index contributed by atoms with van der Waals surface area (Å²) in [6.07, 6.45) is 5.73. The van der Waals surface area contributed by atoms with Gasteiger partial charge in [0.05, 0.1) is 20.3 Å². The van der Waals surface area contributed by atoms with Crippen molar-refractivity contribution in [2.75, 3.05) is 20.3 Å². The molecule has 2 aromatic rings. The number of allylic oxidation sites excluding steroid dienone is 2. The molecular formula is C29H34O5. The largest absolute Gasteiger partial charge is 0.494 e. The van der Waals surface area contributed by atoms with Crippen LogP contribution >= 0.6 is 0 Å². The summed E-state index contributed by atoms with van der Waals surface area (Å²) in [7, 11) is 1.39. The first-order valence-electron chi connectivity index (χ1n) is 12.3. The molecule has 34 heavy (non-hydrogen) atoms. The molecule has 1 heterocycles. The van der Waals surface area contributed by atoms with E-state index in [-0.39, 0.29) is 5.92 Å². The normalized spacial score (nSPS) is 16.6. The minimum atomic E-state index is -0.434. The van der Waals surface area contributed by atoms with Gasteiger partial charge in [-0.05, 0) is 67.7 Å². The van der Waals surface area contributed by atoms with E-state index in [1.165, 1.54) is 12.7 Å². The van der Waals surface area contributed by atoms with Gasteiger partial charge in [0, 0.05) is 17.0 Å². The second-order valence-corrected chi connectivity index (χ2v) is 8.95. The van der Waals surface area contributed by atoms with Gasteiger partial charge in [-0.1, -0.05) is 38.8 Å². The van der Waals surface area contributed by atoms with Crippen molar-refractivity contribution < 1.29 is 23.7 Å². The van der Waals surface area contributed by atoms with Gasteiger partial charge in [-0.15, -0.1) is 0 Å². The number of ether oxygens (including phenoxy) is 4. The quantitative estimate of drug-likeness (QED) is 0.215. The Labute approximate surface area is 202 Å². The molecule has 2 aliphatic rings. The number of carbonyl (C=O) groups excluding carboxylic acids is 1. The van der Waals surface area contributed by atoms with Gasteiger partial charge >= 0.3 is 5.97 Å². The molecule has 5 heteroatoms. The van der Waals surface area contributed by atoms with Crippen LogP contribution in [0.3, 0.4) is 0 Å². The van der Waals surface area contributed by atoms with Crippen LogP contribution in [0.5, 0.6) is 17.2 Å². The molecule has 0 aromatic heterocycles. The lowest BCUT2D eigenvalue weighted by Crippen LogP contribution is -2.16. The number of carbonyl (C=O) groups is 1. The third-order valence-electron chi connectivity index (χ3n) is 6.37. The van der Waals surface area contributed by atoms with Crippen molar-refractivity contribution in [1.29, 1.82) is 0 Å². The average Bonchev–Trinajstić information content (AvgIpc) is 3.25. The zero-order valence-electron chi connectivity index (χ0n) is 20.4. The molecule has 1 fully saturated rings. The van der Waals surface area contributed by atoms with Crippen molar-refractivity contribution in [2.24, 2.45) is 0 Å². The Balaban J connectivity index is 1.72. The second kappa shape index (κ2) is 10.8. The Kier molecular flexibility index (Phi) is 7.61. The lowest BCUT2D eigenvalue weighted by atomic mass is 9.87. The molecule has 1 aliphatic carbocycles. The molecule has 4 rings (SSSR count). The third kappa shape index (κ3) is 4.98. The van der Waals surface area contributed by atoms with Crippen LogP contribution in [0.2, 0.25) is 0 Å². The van der Waals surface area contributed by atoms with Crippen molar-refractivity contribution in [1.82, 2.24) is 0 Å². The molecule has 0 saturated heterocycles. The van der Waals surface area contributed by atoms with E-state index in [2.05, 4.69) is 20.4 Å². The first kappa shape index (κ1) is 23.9. The number of benzene rings is 2. The standard InChI is InChI=1S/C29H34O5/c1-5-7-13-32-21-11-9-20(10-12-21)27-24-16-19(3)15-23(24)25-17-22(33-14-8-6-2)18-26(28(25)34-27)29(30)31-4/h9-12,17-18,23H,3,5-8,13-16H2,1-2,4H3/t23-/m0/s1. The highest BCUT2D eigenvalue weighted by Gasteiger charge is 2.38. The molecule has 1 saturated carbocycles. The first-order valence-corrected chi connectivity index (χ1v) is 12.3. The maximum Gasteiger partial charge on any atom is 0.341 e. The molecule has 0 unspecified atom stereocenters. The summed E-state index contributed by atoms with van der Waals surface area (Å²) in [4.78, 5) is 12.7. The molecular weight excluding hydrogens is 428 g/mol. The first-order chi connectivity index (χ1) is 16.5. The summed E-state index contributed by atoms with van der Waals surface area (Å²) >= 11 is 0. The fourth-order valence-corrected chi connectivity index (χ4v) is 4.54. The Bertz CT molecular complexity index is 1080. The number of esters is 1. The van der Waals surface area contributed by atoms with Gasteiger partial charge in [0.15, 0.2) is 0 Å². The van der Waals surface area contributed by atoms with E-state index in [0.717, 1.165) is 66.7 Å². The maximum atomic E-state index is 12.7. The molecule has 0 radical (unpaired) electrons. The second-order valence-electron chi connectivity index (χ2n) is 8.95. The van der Waals surface area contributed by atoms with Gasteiger partial charge in [0.1, 0.15) is 28.6 Å². The van der Waals surface area contributed by atoms with E-state index in [1.54, 1.807) is 6.07 Å². The van der Waals surface area contributed by atoms with Crippen LogP contribution in [0.25, 0.3) is 5.76 Å². The number of rotatable bonds is 10. The Morgan fingerprint density at radius 1 is 1.03 bits per heavy atom. The predicted octanol–water partition coefficient (Wildman–Crippen LogP) is 7.07. The Hall–Kier alpha value is -3.21. The van der Waals surface area contributed by atoms with Crippen LogP contribution in [0, 0.1) is 0 Å². The van der Waals surface area contributed by atoms with E-state index in [0.29, 0.717) is 30.3 Å². The summed E-state index contributed by atoms with van der Waals surface area (Å²) < 4.78 is 23.4. The summed E-state index contributed by atoms with van der Waals surface area (Å²) in [6, 6.07) is 11.7. The van der Waals surface area contributed by atoms with Gasteiger partial charge in [-0.25, -0.2) is 4.79 Å². The average molecular weight is 463 g/mol. The fraction of sp³-hybridized carbons (Fsp3) is 0.414. The molecule has 1 atom stereocenters. The summed E-state index contributed by atoms with van der Waals surface area (Å²) in [5.41, 5.74) is 4.66. The maximum absolute atomic E-state index is 12.7. The van der Waals surface area contributed by atoms with Crippen molar-refractivity contribution >= 4 is 11.7 Å². The molecule has 0 spiro atoms. The highest BCUT2D eigenvalue weighted by atomic mass is 16.5. The smallest absolute Gasteiger partial charge is 0.341 e. The summed E-state index contributed by atoms with van der Waals surface area (Å²) in [5.74, 6) is 2.53. The van der Waals surface area contributed by atoms with Crippen molar-refractivity contribution in [2.45, 2.75) is 58.3 Å². The third-order valence-corrected chi connectivity index (χ3v) is 6.37. The minimum Gasteiger partial charge on any atom is -0.494 e. The van der Waals surface area contributed by atoms with Gasteiger partial charge < -0.3 is 18.9 Å².